The fraction of sp³-hybridized carbons (Fsp3) is 0.263. The maximum Gasteiger partial charge on any atom is 0.228 e. The molecule has 0 spiro atoms. The highest BCUT2D eigenvalue weighted by atomic mass is 35.5. The summed E-state index contributed by atoms with van der Waals surface area (Å²) in [7, 11) is 0. The van der Waals surface area contributed by atoms with Gasteiger partial charge in [0.25, 0.3) is 0 Å². The maximum atomic E-state index is 11.8. The predicted octanol–water partition coefficient (Wildman–Crippen LogP) is 3.87. The zero-order chi connectivity index (χ0) is 17.3. The molecule has 122 valence electrons. The molecular weight excluding hydrogens is 343 g/mol. The van der Waals surface area contributed by atoms with Gasteiger partial charge in [-0.15, -0.1) is 0 Å². The van der Waals surface area contributed by atoms with E-state index >= 15 is 0 Å². The van der Waals surface area contributed by atoms with E-state index in [1.54, 1.807) is 6.07 Å². The molecule has 0 saturated heterocycles. The van der Waals surface area contributed by atoms with E-state index in [0.29, 0.717) is 15.9 Å². The van der Waals surface area contributed by atoms with Gasteiger partial charge < -0.3 is 5.73 Å². The molecule has 5 heteroatoms. The maximum absolute atomic E-state index is 11.8. The van der Waals surface area contributed by atoms with Gasteiger partial charge in [0.05, 0.1) is 10.4 Å². The normalized spacial score (nSPS) is 14.6. The van der Waals surface area contributed by atoms with Crippen LogP contribution in [0.25, 0.3) is 0 Å². The van der Waals surface area contributed by atoms with E-state index in [4.69, 9.17) is 28.9 Å². The highest BCUT2D eigenvalue weighted by Crippen LogP contribution is 2.48. The summed E-state index contributed by atoms with van der Waals surface area (Å²) in [6.07, 6.45) is 2.28. The van der Waals surface area contributed by atoms with Gasteiger partial charge in [0.2, 0.25) is 5.91 Å². The molecule has 0 bridgehead atoms. The summed E-state index contributed by atoms with van der Waals surface area (Å²) >= 11 is 12.4. The van der Waals surface area contributed by atoms with E-state index in [0.717, 1.165) is 36.0 Å². The molecule has 1 aliphatic carbocycles. The number of amides is 1. The van der Waals surface area contributed by atoms with Crippen molar-refractivity contribution in [2.24, 2.45) is 5.73 Å². The molecule has 1 aliphatic rings. The van der Waals surface area contributed by atoms with Crippen LogP contribution in [0.15, 0.2) is 30.3 Å². The van der Waals surface area contributed by atoms with Crippen LogP contribution in [-0.2, 0) is 16.6 Å². The van der Waals surface area contributed by atoms with Crippen molar-refractivity contribution in [2.45, 2.75) is 31.6 Å². The van der Waals surface area contributed by atoms with Gasteiger partial charge >= 0.3 is 0 Å². The number of hydrogen-bond donors (Lipinski definition) is 1. The van der Waals surface area contributed by atoms with Crippen molar-refractivity contribution in [1.82, 2.24) is 4.98 Å². The third-order valence-electron chi connectivity index (χ3n) is 4.36. The molecule has 1 aromatic heterocycles. The second-order valence-electron chi connectivity index (χ2n) is 5.86. The van der Waals surface area contributed by atoms with Gasteiger partial charge in [-0.2, -0.15) is 0 Å². The standard InChI is InChI=1S/C19H16Cl2N2O/c1-2-12-11-15(20)16(23-17(12)21)8-7-13-5-3-4-6-14(13)19(9-10-19)18(22)24/h3-6,11H,2,9-10H2,1H3,(H2,22,24). The number of nitrogens with zero attached hydrogens (tertiary/aromatic N) is 1. The monoisotopic (exact) mass is 358 g/mol. The summed E-state index contributed by atoms with van der Waals surface area (Å²) in [5, 5.41) is 0.882. The highest BCUT2D eigenvalue weighted by Gasteiger charge is 2.50. The van der Waals surface area contributed by atoms with E-state index in [9.17, 15) is 4.79 Å². The molecule has 0 aliphatic heterocycles. The Hall–Kier alpha value is -2.02. The fourth-order valence-electron chi connectivity index (χ4n) is 2.75. The zero-order valence-corrected chi connectivity index (χ0v) is 14.7. The van der Waals surface area contributed by atoms with Crippen molar-refractivity contribution in [3.63, 3.8) is 0 Å². The van der Waals surface area contributed by atoms with E-state index < -0.39 is 5.41 Å². The molecule has 3 rings (SSSR count). The third kappa shape index (κ3) is 3.00. The lowest BCUT2D eigenvalue weighted by molar-refractivity contribution is -0.120. The number of rotatable bonds is 3. The van der Waals surface area contributed by atoms with Crippen molar-refractivity contribution < 1.29 is 4.79 Å². The number of benzene rings is 1. The van der Waals surface area contributed by atoms with Crippen molar-refractivity contribution >= 4 is 29.1 Å². The topological polar surface area (TPSA) is 56.0 Å². The quantitative estimate of drug-likeness (QED) is 0.668. The van der Waals surface area contributed by atoms with E-state index in [-0.39, 0.29) is 5.91 Å². The van der Waals surface area contributed by atoms with Crippen molar-refractivity contribution in [3.8, 4) is 11.8 Å². The SMILES string of the molecule is CCc1cc(Cl)c(C#Cc2ccccc2C2(C(N)=O)CC2)nc1Cl. The first-order valence-electron chi connectivity index (χ1n) is 7.74. The smallest absolute Gasteiger partial charge is 0.228 e. The summed E-state index contributed by atoms with van der Waals surface area (Å²) < 4.78 is 0. The number of carbonyl (C=O) groups excluding carboxylic acids is 1. The minimum absolute atomic E-state index is 0.303. The molecule has 2 aromatic rings. The fourth-order valence-corrected chi connectivity index (χ4v) is 3.24. The zero-order valence-electron chi connectivity index (χ0n) is 13.2. The summed E-state index contributed by atoms with van der Waals surface area (Å²) in [4.78, 5) is 16.1. The summed E-state index contributed by atoms with van der Waals surface area (Å²) in [6.45, 7) is 1.99. The van der Waals surface area contributed by atoms with E-state index in [1.165, 1.54) is 0 Å². The van der Waals surface area contributed by atoms with Crippen LogP contribution >= 0.6 is 23.2 Å². The van der Waals surface area contributed by atoms with Crippen molar-refractivity contribution in [1.29, 1.82) is 0 Å². The third-order valence-corrected chi connectivity index (χ3v) is 4.98. The Balaban J connectivity index is 2.02. The number of aryl methyl sites for hydroxylation is 1. The first-order chi connectivity index (χ1) is 11.5. The van der Waals surface area contributed by atoms with Crippen LogP contribution in [0, 0.1) is 11.8 Å². The van der Waals surface area contributed by atoms with E-state index in [1.807, 2.05) is 31.2 Å². The van der Waals surface area contributed by atoms with Crippen molar-refractivity contribution in [2.75, 3.05) is 0 Å². The van der Waals surface area contributed by atoms with Gasteiger partial charge in [-0.05, 0) is 48.4 Å². The van der Waals surface area contributed by atoms with Gasteiger partial charge in [-0.3, -0.25) is 4.79 Å². The summed E-state index contributed by atoms with van der Waals surface area (Å²) in [5.74, 6) is 5.74. The Morgan fingerprint density at radius 2 is 2.00 bits per heavy atom. The van der Waals surface area contributed by atoms with E-state index in [2.05, 4.69) is 16.8 Å². The lowest BCUT2D eigenvalue weighted by atomic mass is 9.91. The molecule has 1 amide bonds. The Bertz CT molecular complexity index is 877. The number of aromatic nitrogens is 1. The number of pyridine rings is 1. The predicted molar refractivity (Wildman–Crippen MR) is 96.2 cm³/mol. The molecule has 2 N–H and O–H groups in total. The highest BCUT2D eigenvalue weighted by molar-refractivity contribution is 6.33. The molecule has 24 heavy (non-hydrogen) atoms. The van der Waals surface area contributed by atoms with Crippen LogP contribution in [0.2, 0.25) is 10.2 Å². The lowest BCUT2D eigenvalue weighted by Gasteiger charge is -2.13. The lowest BCUT2D eigenvalue weighted by Crippen LogP contribution is -2.29. The average Bonchev–Trinajstić information content (AvgIpc) is 3.37. The number of carbonyl (C=O) groups is 1. The minimum Gasteiger partial charge on any atom is -0.369 e. The van der Waals surface area contributed by atoms with Gasteiger partial charge in [-0.25, -0.2) is 4.98 Å². The Morgan fingerprint density at radius 1 is 1.29 bits per heavy atom. The molecule has 0 unspecified atom stereocenters. The van der Waals surface area contributed by atoms with Crippen LogP contribution in [0.1, 0.15) is 42.1 Å². The molecule has 3 nitrogen and oxygen atoms in total. The second kappa shape index (κ2) is 6.47. The van der Waals surface area contributed by atoms with Gasteiger partial charge in [-0.1, -0.05) is 54.2 Å². The summed E-state index contributed by atoms with van der Waals surface area (Å²) in [6, 6.07) is 9.35. The number of halogens is 2. The molecule has 1 saturated carbocycles. The summed E-state index contributed by atoms with van der Waals surface area (Å²) in [5.41, 5.74) is 7.96. The molecule has 0 atom stereocenters. The molecular formula is C19H16Cl2N2O. The van der Waals surface area contributed by atoms with Crippen LogP contribution in [0.3, 0.4) is 0 Å². The van der Waals surface area contributed by atoms with Crippen LogP contribution in [0.4, 0.5) is 0 Å². The Morgan fingerprint density at radius 3 is 2.62 bits per heavy atom. The van der Waals surface area contributed by atoms with Gasteiger partial charge in [0.15, 0.2) is 0 Å². The number of nitrogens with two attached hydrogens (primary N) is 1. The Kier molecular flexibility index (Phi) is 4.54. The van der Waals surface area contributed by atoms with Crippen LogP contribution in [0.5, 0.6) is 0 Å². The van der Waals surface area contributed by atoms with Crippen LogP contribution < -0.4 is 5.73 Å². The van der Waals surface area contributed by atoms with Crippen molar-refractivity contribution in [3.05, 3.63) is 62.9 Å². The first kappa shape index (κ1) is 16.8. The Labute approximate surface area is 151 Å². The van der Waals surface area contributed by atoms with Crippen LogP contribution in [-0.4, -0.2) is 10.9 Å². The molecule has 1 aromatic carbocycles. The molecule has 1 heterocycles. The second-order valence-corrected chi connectivity index (χ2v) is 6.63. The minimum atomic E-state index is -0.577. The first-order valence-corrected chi connectivity index (χ1v) is 8.50. The molecule has 0 radical (unpaired) electrons. The average molecular weight is 359 g/mol. The number of hydrogen-bond acceptors (Lipinski definition) is 2. The number of primary amides is 1. The molecule has 1 fully saturated rings. The largest absolute Gasteiger partial charge is 0.369 e. The van der Waals surface area contributed by atoms with Gasteiger partial charge in [0, 0.05) is 5.56 Å². The van der Waals surface area contributed by atoms with Gasteiger partial charge in [0.1, 0.15) is 10.8 Å².